The zero-order chi connectivity index (χ0) is 27.9. The number of aromatic amines is 1. The van der Waals surface area contributed by atoms with Crippen LogP contribution in [0.15, 0.2) is 78.3 Å². The predicted molar refractivity (Wildman–Crippen MR) is 136 cm³/mol. The highest BCUT2D eigenvalue weighted by Crippen LogP contribution is 2.24. The van der Waals surface area contributed by atoms with Gasteiger partial charge in [0.15, 0.2) is 5.71 Å². The van der Waals surface area contributed by atoms with Crippen LogP contribution in [0.3, 0.4) is 0 Å². The van der Waals surface area contributed by atoms with Gasteiger partial charge < -0.3 is 31.1 Å². The summed E-state index contributed by atoms with van der Waals surface area (Å²) >= 11 is 0. The maximum atomic E-state index is 13.3. The quantitative estimate of drug-likeness (QED) is 0.198. The summed E-state index contributed by atoms with van der Waals surface area (Å²) in [5.74, 6) is -1.81. The molecule has 196 valence electrons. The molecule has 1 aromatic heterocycles. The maximum Gasteiger partial charge on any atom is 0.274 e. The SMILES string of the molecule is N#Cc1ccccc1NC(=O)/C(=N/NC(=O)c1ccncc1)C(c1cnc2ccc(=[N+]([O-])[O-])cc-2[nH]1)N([O-])O. The third-order valence-corrected chi connectivity index (χ3v) is 5.34. The van der Waals surface area contributed by atoms with Crippen LogP contribution in [-0.4, -0.2) is 42.9 Å². The number of carbonyl (C=O) groups excluding carboxylic acids is 2. The Morgan fingerprint density at radius 2 is 1.90 bits per heavy atom. The van der Waals surface area contributed by atoms with Crippen molar-refractivity contribution in [2.24, 2.45) is 5.10 Å². The number of carbonyl (C=O) groups is 2. The lowest BCUT2D eigenvalue weighted by molar-refractivity contribution is -0.112. The molecular weight excluding hydrogens is 510 g/mol. The summed E-state index contributed by atoms with van der Waals surface area (Å²) in [4.78, 5) is 36.0. The van der Waals surface area contributed by atoms with Gasteiger partial charge in [-0.2, -0.15) is 15.3 Å². The number of fused-ring (bicyclic) bond motifs is 1. The predicted octanol–water partition coefficient (Wildman–Crippen LogP) is 1.20. The molecule has 0 spiro atoms. The molecule has 39 heavy (non-hydrogen) atoms. The molecule has 1 unspecified atom stereocenters. The summed E-state index contributed by atoms with van der Waals surface area (Å²) in [6.07, 6.45) is 3.84. The third kappa shape index (κ3) is 6.00. The van der Waals surface area contributed by atoms with Gasteiger partial charge in [0.2, 0.25) is 5.36 Å². The minimum absolute atomic E-state index is 0.0727. The Morgan fingerprint density at radius 1 is 1.15 bits per heavy atom. The van der Waals surface area contributed by atoms with E-state index in [9.17, 15) is 35.7 Å². The highest BCUT2D eigenvalue weighted by Gasteiger charge is 2.29. The van der Waals surface area contributed by atoms with Crippen molar-refractivity contribution in [3.05, 3.63) is 111 Å². The Morgan fingerprint density at radius 3 is 2.59 bits per heavy atom. The Kier molecular flexibility index (Phi) is 7.83. The third-order valence-electron chi connectivity index (χ3n) is 5.34. The highest BCUT2D eigenvalue weighted by atomic mass is 16.8. The summed E-state index contributed by atoms with van der Waals surface area (Å²) in [5, 5.41) is 59.5. The van der Waals surface area contributed by atoms with Crippen LogP contribution in [-0.2, 0) is 4.79 Å². The fourth-order valence-corrected chi connectivity index (χ4v) is 3.48. The van der Waals surface area contributed by atoms with Gasteiger partial charge in [0, 0.05) is 36.3 Å². The molecule has 1 atom stereocenters. The second-order valence-corrected chi connectivity index (χ2v) is 7.79. The van der Waals surface area contributed by atoms with Gasteiger partial charge in [-0.1, -0.05) is 12.1 Å². The molecule has 0 bridgehead atoms. The van der Waals surface area contributed by atoms with Gasteiger partial charge in [-0.15, -0.1) is 0 Å². The van der Waals surface area contributed by atoms with Crippen molar-refractivity contribution in [3.63, 3.8) is 0 Å². The number of para-hydroxylation sites is 1. The number of hydroxylamine groups is 2. The van der Waals surface area contributed by atoms with Crippen LogP contribution in [0.1, 0.15) is 27.7 Å². The number of hydrogen-bond donors (Lipinski definition) is 4. The summed E-state index contributed by atoms with van der Waals surface area (Å²) in [6, 6.07) is 12.5. The maximum absolute atomic E-state index is 13.3. The van der Waals surface area contributed by atoms with Crippen molar-refractivity contribution in [1.29, 1.82) is 5.26 Å². The number of pyridine rings is 1. The molecule has 0 fully saturated rings. The Labute approximate surface area is 219 Å². The number of aromatic nitrogens is 3. The van der Waals surface area contributed by atoms with Crippen LogP contribution in [0.2, 0.25) is 0 Å². The van der Waals surface area contributed by atoms with Crippen LogP contribution in [0.4, 0.5) is 5.69 Å². The van der Waals surface area contributed by atoms with Gasteiger partial charge >= 0.3 is 0 Å². The van der Waals surface area contributed by atoms with Crippen LogP contribution in [0.25, 0.3) is 11.4 Å². The van der Waals surface area contributed by atoms with Gasteiger partial charge in [0.25, 0.3) is 11.8 Å². The average Bonchev–Trinajstić information content (AvgIpc) is 2.94. The zero-order valence-corrected chi connectivity index (χ0v) is 19.7. The summed E-state index contributed by atoms with van der Waals surface area (Å²) in [6.45, 7) is 0. The van der Waals surface area contributed by atoms with E-state index in [1.54, 1.807) is 12.1 Å². The van der Waals surface area contributed by atoms with E-state index in [-0.39, 0.29) is 39.3 Å². The normalized spacial score (nSPS) is 12.0. The molecule has 0 saturated heterocycles. The molecule has 15 heteroatoms. The molecule has 1 aromatic carbocycles. The molecule has 0 radical (unpaired) electrons. The van der Waals surface area contributed by atoms with Crippen LogP contribution >= 0.6 is 0 Å². The molecule has 2 aromatic rings. The molecule has 1 aliphatic carbocycles. The summed E-state index contributed by atoms with van der Waals surface area (Å²) in [7, 11) is 0. The number of H-pyrrole nitrogens is 1. The van der Waals surface area contributed by atoms with Crippen LogP contribution in [0, 0.1) is 27.0 Å². The van der Waals surface area contributed by atoms with E-state index in [1.165, 1.54) is 48.8 Å². The lowest BCUT2D eigenvalue weighted by atomic mass is 10.1. The van der Waals surface area contributed by atoms with Crippen LogP contribution in [0.5, 0.6) is 0 Å². The minimum Gasteiger partial charge on any atom is -0.761 e. The Hall–Kier alpha value is -5.69. The lowest BCUT2D eigenvalue weighted by Crippen LogP contribution is -2.38. The molecular formula is C24H17N9O6-2. The largest absolute Gasteiger partial charge is 0.761 e. The fourth-order valence-electron chi connectivity index (χ4n) is 3.48. The second-order valence-electron chi connectivity index (χ2n) is 7.79. The van der Waals surface area contributed by atoms with E-state index in [0.717, 1.165) is 12.3 Å². The summed E-state index contributed by atoms with van der Waals surface area (Å²) in [5.41, 5.74) is 1.96. The number of nitrogens with one attached hydrogen (secondary N) is 3. The lowest BCUT2D eigenvalue weighted by Gasteiger charge is -2.31. The summed E-state index contributed by atoms with van der Waals surface area (Å²) < 4.78 is 0. The van der Waals surface area contributed by atoms with E-state index in [4.69, 9.17) is 0 Å². The smallest absolute Gasteiger partial charge is 0.274 e. The van der Waals surface area contributed by atoms with Crippen molar-refractivity contribution < 1.29 is 14.8 Å². The van der Waals surface area contributed by atoms with E-state index in [1.807, 2.05) is 6.07 Å². The van der Waals surface area contributed by atoms with Crippen molar-refractivity contribution >= 4 is 23.2 Å². The first kappa shape index (κ1) is 26.4. The highest BCUT2D eigenvalue weighted by molar-refractivity contribution is 6.44. The number of nitrogens with zero attached hydrogens (tertiary/aromatic N) is 6. The number of hydrazone groups is 1. The minimum atomic E-state index is -1.90. The molecule has 1 aliphatic heterocycles. The standard InChI is InChI=1S/C24H17N9O6/c25-12-15-3-1-2-4-17(15)29-24(35)21(30-31-23(34)14-7-9-26-10-8-14)22(33(38)39)20-13-27-18-6-5-16(32(36)37)11-19(18)28-20/h1-11,13,22,38H,(H3-,26,27,28,29,30,31,34,35,36,37)/q-2. The monoisotopic (exact) mass is 527 g/mol. The van der Waals surface area contributed by atoms with Gasteiger partial charge in [-0.3, -0.25) is 19.6 Å². The van der Waals surface area contributed by atoms with Crippen molar-refractivity contribution in [3.8, 4) is 17.5 Å². The Balaban J connectivity index is 1.80. The van der Waals surface area contributed by atoms with Crippen LogP contribution < -0.4 is 21.0 Å². The van der Waals surface area contributed by atoms with E-state index in [0.29, 0.717) is 0 Å². The average molecular weight is 527 g/mol. The van der Waals surface area contributed by atoms with E-state index >= 15 is 0 Å². The molecule has 4 rings (SSSR count). The molecule has 2 heterocycles. The number of rotatable bonds is 7. The van der Waals surface area contributed by atoms with E-state index < -0.39 is 33.7 Å². The fraction of sp³-hybridized carbons (Fsp3) is 0.0417. The van der Waals surface area contributed by atoms with Gasteiger partial charge in [-0.05, 0) is 30.3 Å². The molecule has 0 saturated carbocycles. The topological polar surface area (TPSA) is 232 Å². The number of hydrogen-bond acceptors (Lipinski definition) is 11. The van der Waals surface area contributed by atoms with Gasteiger partial charge in [0.05, 0.1) is 28.3 Å². The first-order chi connectivity index (χ1) is 18.8. The Bertz CT molecular complexity index is 1620. The number of benzene rings is 2. The first-order valence-electron chi connectivity index (χ1n) is 11.0. The van der Waals surface area contributed by atoms with E-state index in [2.05, 4.69) is 30.8 Å². The first-order valence-corrected chi connectivity index (χ1v) is 11.0. The zero-order valence-electron chi connectivity index (χ0n) is 19.7. The molecule has 2 aliphatic rings. The van der Waals surface area contributed by atoms with Crippen molar-refractivity contribution in [1.82, 2.24) is 30.5 Å². The number of anilines is 1. The second kappa shape index (κ2) is 11.6. The molecule has 4 N–H and O–H groups in total. The molecule has 2 amide bonds. The van der Waals surface area contributed by atoms with Gasteiger partial charge in [-0.25, -0.2) is 10.7 Å². The van der Waals surface area contributed by atoms with Gasteiger partial charge in [0.1, 0.15) is 12.1 Å². The number of nitriles is 1. The van der Waals surface area contributed by atoms with Crippen molar-refractivity contribution in [2.75, 3.05) is 5.32 Å². The number of amides is 2. The molecule has 15 nitrogen and oxygen atoms in total. The van der Waals surface area contributed by atoms with Crippen molar-refractivity contribution in [2.45, 2.75) is 6.04 Å².